The van der Waals surface area contributed by atoms with Crippen molar-refractivity contribution in [3.8, 4) is 11.5 Å². The first kappa shape index (κ1) is 16.6. The van der Waals surface area contributed by atoms with Crippen molar-refractivity contribution in [2.75, 3.05) is 5.75 Å². The van der Waals surface area contributed by atoms with Gasteiger partial charge in [0.1, 0.15) is 12.3 Å². The number of thioether (sulfide) groups is 1. The maximum absolute atomic E-state index is 12.2. The van der Waals surface area contributed by atoms with Crippen molar-refractivity contribution in [1.82, 2.24) is 15.6 Å². The van der Waals surface area contributed by atoms with E-state index in [0.717, 1.165) is 5.56 Å². The van der Waals surface area contributed by atoms with Crippen LogP contribution in [0.1, 0.15) is 19.5 Å². The molecule has 2 heterocycles. The summed E-state index contributed by atoms with van der Waals surface area (Å²) < 4.78 is 4.94. The van der Waals surface area contributed by atoms with E-state index >= 15 is 0 Å². The summed E-state index contributed by atoms with van der Waals surface area (Å²) in [6.45, 7) is 3.96. The Morgan fingerprint density at radius 3 is 2.88 bits per heavy atom. The van der Waals surface area contributed by atoms with Gasteiger partial charge in [-0.2, -0.15) is 0 Å². The lowest BCUT2D eigenvalue weighted by Gasteiger charge is -2.32. The Labute approximate surface area is 144 Å². The molecular weight excluding hydrogens is 326 g/mol. The van der Waals surface area contributed by atoms with Gasteiger partial charge in [-0.1, -0.05) is 18.2 Å². The second-order valence-electron chi connectivity index (χ2n) is 6.08. The fourth-order valence-electron chi connectivity index (χ4n) is 2.27. The van der Waals surface area contributed by atoms with E-state index in [9.17, 15) is 9.59 Å². The minimum absolute atomic E-state index is 0.119. The minimum Gasteiger partial charge on any atom is -0.444 e. The highest BCUT2D eigenvalue weighted by molar-refractivity contribution is 8.01. The van der Waals surface area contributed by atoms with Gasteiger partial charge in [0.25, 0.3) is 0 Å². The largest absolute Gasteiger partial charge is 0.444 e. The molecule has 24 heavy (non-hydrogen) atoms. The van der Waals surface area contributed by atoms with Gasteiger partial charge in [-0.25, -0.2) is 4.98 Å². The Kier molecular flexibility index (Phi) is 4.62. The van der Waals surface area contributed by atoms with Gasteiger partial charge in [-0.15, -0.1) is 11.8 Å². The Balaban J connectivity index is 1.56. The van der Waals surface area contributed by atoms with Crippen molar-refractivity contribution in [2.24, 2.45) is 0 Å². The summed E-state index contributed by atoms with van der Waals surface area (Å²) in [7, 11) is 0. The van der Waals surface area contributed by atoms with Crippen LogP contribution in [-0.2, 0) is 16.1 Å². The molecule has 1 aromatic heterocycles. The van der Waals surface area contributed by atoms with Crippen LogP contribution in [0.25, 0.3) is 11.5 Å². The number of hydrogen-bond donors (Lipinski definition) is 2. The summed E-state index contributed by atoms with van der Waals surface area (Å²) in [5, 5.41) is 5.55. The molecule has 0 radical (unpaired) electrons. The molecule has 0 saturated carbocycles. The number of carbonyl (C=O) groups is 2. The Morgan fingerprint density at radius 2 is 2.17 bits per heavy atom. The molecule has 7 heteroatoms. The van der Waals surface area contributed by atoms with Gasteiger partial charge in [0.05, 0.1) is 17.0 Å². The lowest BCUT2D eigenvalue weighted by molar-refractivity contribution is -0.129. The standard InChI is InChI=1S/C17H19N3O3S/c1-17(2)16(22)20-13(10-24-17)14(21)18-8-12-9-23-15(19-12)11-6-4-3-5-7-11/h3-7,9,13H,8,10H2,1-2H3,(H,18,21)(H,20,22). The zero-order valence-corrected chi connectivity index (χ0v) is 14.4. The summed E-state index contributed by atoms with van der Waals surface area (Å²) in [4.78, 5) is 28.5. The molecule has 1 atom stereocenters. The van der Waals surface area contributed by atoms with E-state index < -0.39 is 10.8 Å². The Morgan fingerprint density at radius 1 is 1.42 bits per heavy atom. The lowest BCUT2D eigenvalue weighted by atomic mass is 10.1. The highest BCUT2D eigenvalue weighted by atomic mass is 32.2. The van der Waals surface area contributed by atoms with Gasteiger partial charge >= 0.3 is 0 Å². The average molecular weight is 345 g/mol. The SMILES string of the molecule is CC1(C)SCC(C(=O)NCc2coc(-c3ccccc3)n2)NC1=O. The van der Waals surface area contributed by atoms with Crippen molar-refractivity contribution in [3.63, 3.8) is 0 Å². The molecule has 1 saturated heterocycles. The van der Waals surface area contributed by atoms with Crippen LogP contribution in [-0.4, -0.2) is 33.3 Å². The third-order valence-electron chi connectivity index (χ3n) is 3.80. The molecule has 0 aliphatic carbocycles. The van der Waals surface area contributed by atoms with Crippen molar-refractivity contribution >= 4 is 23.6 Å². The van der Waals surface area contributed by atoms with Gasteiger partial charge in [0.2, 0.25) is 17.7 Å². The van der Waals surface area contributed by atoms with Crippen LogP contribution in [0.5, 0.6) is 0 Å². The molecule has 2 N–H and O–H groups in total. The molecule has 1 aliphatic heterocycles. The molecule has 1 aromatic carbocycles. The number of hydrogen-bond acceptors (Lipinski definition) is 5. The van der Waals surface area contributed by atoms with E-state index in [-0.39, 0.29) is 18.4 Å². The monoisotopic (exact) mass is 345 g/mol. The van der Waals surface area contributed by atoms with Crippen molar-refractivity contribution in [1.29, 1.82) is 0 Å². The first-order valence-electron chi connectivity index (χ1n) is 7.68. The third-order valence-corrected chi connectivity index (χ3v) is 5.20. The summed E-state index contributed by atoms with van der Waals surface area (Å²) in [6, 6.07) is 9.04. The third kappa shape index (κ3) is 3.62. The summed E-state index contributed by atoms with van der Waals surface area (Å²) in [5.74, 6) is 0.740. The number of oxazole rings is 1. The van der Waals surface area contributed by atoms with Crippen LogP contribution in [0.2, 0.25) is 0 Å². The van der Waals surface area contributed by atoms with Gasteiger partial charge in [-0.05, 0) is 26.0 Å². The van der Waals surface area contributed by atoms with E-state index in [4.69, 9.17) is 4.42 Å². The summed E-state index contributed by atoms with van der Waals surface area (Å²) >= 11 is 1.48. The lowest BCUT2D eigenvalue weighted by Crippen LogP contribution is -2.57. The first-order valence-corrected chi connectivity index (χ1v) is 8.67. The second-order valence-corrected chi connectivity index (χ2v) is 7.72. The first-order chi connectivity index (χ1) is 11.5. The van der Waals surface area contributed by atoms with E-state index in [1.165, 1.54) is 18.0 Å². The fraction of sp³-hybridized carbons (Fsp3) is 0.353. The van der Waals surface area contributed by atoms with E-state index in [1.54, 1.807) is 0 Å². The number of carbonyl (C=O) groups excluding carboxylic acids is 2. The number of aromatic nitrogens is 1. The number of benzene rings is 1. The van der Waals surface area contributed by atoms with Crippen LogP contribution >= 0.6 is 11.8 Å². The topological polar surface area (TPSA) is 84.2 Å². The van der Waals surface area contributed by atoms with Gasteiger partial charge in [0.15, 0.2) is 0 Å². The average Bonchev–Trinajstić information content (AvgIpc) is 3.05. The number of nitrogens with one attached hydrogen (secondary N) is 2. The molecule has 1 fully saturated rings. The smallest absolute Gasteiger partial charge is 0.243 e. The molecule has 1 unspecified atom stereocenters. The van der Waals surface area contributed by atoms with Crippen molar-refractivity contribution in [2.45, 2.75) is 31.2 Å². The molecule has 126 valence electrons. The normalized spacial score (nSPS) is 19.6. The fourth-order valence-corrected chi connectivity index (χ4v) is 3.28. The molecule has 0 spiro atoms. The van der Waals surface area contributed by atoms with Crippen LogP contribution in [0.4, 0.5) is 0 Å². The van der Waals surface area contributed by atoms with Gasteiger partial charge < -0.3 is 15.1 Å². The predicted molar refractivity (Wildman–Crippen MR) is 92.3 cm³/mol. The molecule has 6 nitrogen and oxygen atoms in total. The van der Waals surface area contributed by atoms with Crippen LogP contribution in [0.3, 0.4) is 0 Å². The number of amides is 2. The molecule has 1 aliphatic rings. The van der Waals surface area contributed by atoms with Crippen LogP contribution in [0, 0.1) is 0 Å². The van der Waals surface area contributed by atoms with Crippen LogP contribution in [0.15, 0.2) is 41.0 Å². The second kappa shape index (κ2) is 6.68. The summed E-state index contributed by atoms with van der Waals surface area (Å²) in [6.07, 6.45) is 1.53. The van der Waals surface area contributed by atoms with Crippen molar-refractivity contribution < 1.29 is 14.0 Å². The Bertz CT molecular complexity index is 743. The van der Waals surface area contributed by atoms with Gasteiger partial charge in [-0.3, -0.25) is 9.59 Å². The number of rotatable bonds is 4. The maximum Gasteiger partial charge on any atom is 0.243 e. The molecule has 2 amide bonds. The zero-order chi connectivity index (χ0) is 17.2. The van der Waals surface area contributed by atoms with E-state index in [1.807, 2.05) is 44.2 Å². The van der Waals surface area contributed by atoms with E-state index in [2.05, 4.69) is 15.6 Å². The molecule has 0 bridgehead atoms. The minimum atomic E-state index is -0.518. The van der Waals surface area contributed by atoms with Crippen molar-refractivity contribution in [3.05, 3.63) is 42.3 Å². The zero-order valence-electron chi connectivity index (χ0n) is 13.5. The quantitative estimate of drug-likeness (QED) is 0.885. The van der Waals surface area contributed by atoms with Gasteiger partial charge in [0, 0.05) is 11.3 Å². The number of nitrogens with zero attached hydrogens (tertiary/aromatic N) is 1. The molecule has 2 aromatic rings. The summed E-state index contributed by atoms with van der Waals surface area (Å²) in [5.41, 5.74) is 1.52. The predicted octanol–water partition coefficient (Wildman–Crippen LogP) is 1.97. The Hall–Kier alpha value is -2.28. The van der Waals surface area contributed by atoms with Crippen LogP contribution < -0.4 is 10.6 Å². The molecular formula is C17H19N3O3S. The highest BCUT2D eigenvalue weighted by Crippen LogP contribution is 2.29. The highest BCUT2D eigenvalue weighted by Gasteiger charge is 2.37. The van der Waals surface area contributed by atoms with E-state index in [0.29, 0.717) is 17.3 Å². The molecule has 3 rings (SSSR count). The maximum atomic E-state index is 12.2.